The van der Waals surface area contributed by atoms with Gasteiger partial charge in [-0.05, 0) is 47.5 Å². The van der Waals surface area contributed by atoms with Crippen molar-refractivity contribution in [2.24, 2.45) is 0 Å². The van der Waals surface area contributed by atoms with Crippen LogP contribution in [0.5, 0.6) is 5.75 Å². The van der Waals surface area contributed by atoms with Gasteiger partial charge in [0.05, 0.1) is 25.5 Å². The molecular formula is C27H22ClFN4O3. The van der Waals surface area contributed by atoms with Gasteiger partial charge in [-0.2, -0.15) is 0 Å². The monoisotopic (exact) mass is 504 g/mol. The second-order valence-corrected chi connectivity index (χ2v) is 8.75. The van der Waals surface area contributed by atoms with Crippen LogP contribution in [0, 0.1) is 5.82 Å². The summed E-state index contributed by atoms with van der Waals surface area (Å²) in [5, 5.41) is 3.87. The highest BCUT2D eigenvalue weighted by Gasteiger charge is 2.19. The molecule has 1 amide bonds. The van der Waals surface area contributed by atoms with Crippen LogP contribution >= 0.6 is 11.6 Å². The molecule has 0 saturated carbocycles. The second-order valence-electron chi connectivity index (χ2n) is 8.34. The van der Waals surface area contributed by atoms with Crippen LogP contribution < -0.4 is 15.6 Å². The zero-order valence-electron chi connectivity index (χ0n) is 19.4. The molecule has 2 aromatic heterocycles. The van der Waals surface area contributed by atoms with Gasteiger partial charge in [0.15, 0.2) is 0 Å². The maximum absolute atomic E-state index is 14.1. The number of hydrogen-bond donors (Lipinski definition) is 1. The summed E-state index contributed by atoms with van der Waals surface area (Å²) in [7, 11) is 1.59. The van der Waals surface area contributed by atoms with Crippen molar-refractivity contribution in [1.82, 2.24) is 19.4 Å². The number of benzene rings is 3. The van der Waals surface area contributed by atoms with Gasteiger partial charge < -0.3 is 14.6 Å². The molecule has 2 heterocycles. The summed E-state index contributed by atoms with van der Waals surface area (Å²) >= 11 is 6.19. The number of carbonyl (C=O) groups is 1. The Hall–Kier alpha value is -4.17. The average molecular weight is 505 g/mol. The summed E-state index contributed by atoms with van der Waals surface area (Å²) in [4.78, 5) is 31.0. The van der Waals surface area contributed by atoms with Crippen LogP contribution in [-0.4, -0.2) is 27.1 Å². The third kappa shape index (κ3) is 4.55. The van der Waals surface area contributed by atoms with Gasteiger partial charge >= 0.3 is 0 Å². The second kappa shape index (κ2) is 9.83. The lowest BCUT2D eigenvalue weighted by molar-refractivity contribution is -0.121. The normalized spacial score (nSPS) is 11.2. The van der Waals surface area contributed by atoms with E-state index >= 15 is 0 Å². The Morgan fingerprint density at radius 1 is 1.11 bits per heavy atom. The Kier molecular flexibility index (Phi) is 6.43. The van der Waals surface area contributed by atoms with Crippen LogP contribution in [0.1, 0.15) is 11.1 Å². The molecule has 0 radical (unpaired) electrons. The van der Waals surface area contributed by atoms with Crippen molar-refractivity contribution in [2.45, 2.75) is 19.6 Å². The smallest absolute Gasteiger partial charge is 0.278 e. The van der Waals surface area contributed by atoms with Crippen LogP contribution in [0.2, 0.25) is 5.02 Å². The number of methoxy groups -OCH3 is 1. The molecule has 3 aromatic carbocycles. The highest BCUT2D eigenvalue weighted by molar-refractivity contribution is 6.31. The van der Waals surface area contributed by atoms with E-state index in [0.29, 0.717) is 27.2 Å². The highest BCUT2D eigenvalue weighted by atomic mass is 35.5. The minimum absolute atomic E-state index is 0.139. The first kappa shape index (κ1) is 23.6. The Bertz CT molecular complexity index is 1640. The molecule has 1 N–H and O–H groups in total. The van der Waals surface area contributed by atoms with E-state index in [1.54, 1.807) is 23.8 Å². The van der Waals surface area contributed by atoms with E-state index in [2.05, 4.69) is 10.3 Å². The van der Waals surface area contributed by atoms with Gasteiger partial charge in [-0.1, -0.05) is 41.9 Å². The highest BCUT2D eigenvalue weighted by Crippen LogP contribution is 2.26. The van der Waals surface area contributed by atoms with Gasteiger partial charge in [0.25, 0.3) is 5.56 Å². The summed E-state index contributed by atoms with van der Waals surface area (Å²) in [6.45, 7) is 0.379. The van der Waals surface area contributed by atoms with Crippen LogP contribution in [0.15, 0.2) is 77.9 Å². The number of hydrogen-bond acceptors (Lipinski definition) is 4. The molecule has 36 heavy (non-hydrogen) atoms. The minimum atomic E-state index is -0.450. The molecule has 0 unspecified atom stereocenters. The number of carbonyl (C=O) groups excluding carboxylic acids is 1. The number of nitrogens with one attached hydrogen (secondary N) is 1. The quantitative estimate of drug-likeness (QED) is 0.353. The lowest BCUT2D eigenvalue weighted by Crippen LogP contribution is -2.29. The zero-order chi connectivity index (χ0) is 25.2. The van der Waals surface area contributed by atoms with Gasteiger partial charge in [0, 0.05) is 17.0 Å². The Labute approximate surface area is 210 Å². The molecule has 0 aliphatic rings. The molecule has 7 nitrogen and oxygen atoms in total. The predicted octanol–water partition coefficient (Wildman–Crippen LogP) is 4.52. The fraction of sp³-hybridized carbons (Fsp3) is 0.148. The number of nitrogens with zero attached hydrogens (tertiary/aromatic N) is 3. The SMILES string of the molecule is COc1ccc(Cn2cnc3c4cc(F)ccc4n(CC(=O)NCc4ccccc4Cl)c3c2=O)cc1. The van der Waals surface area contributed by atoms with Crippen molar-refractivity contribution in [2.75, 3.05) is 7.11 Å². The van der Waals surface area contributed by atoms with E-state index in [0.717, 1.165) is 11.1 Å². The summed E-state index contributed by atoms with van der Waals surface area (Å²) < 4.78 is 22.3. The van der Waals surface area contributed by atoms with Crippen LogP contribution in [-0.2, 0) is 24.4 Å². The van der Waals surface area contributed by atoms with E-state index in [4.69, 9.17) is 16.3 Å². The van der Waals surface area contributed by atoms with Crippen molar-refractivity contribution >= 4 is 39.4 Å². The third-order valence-corrected chi connectivity index (χ3v) is 6.40. The van der Waals surface area contributed by atoms with Gasteiger partial charge in [-0.15, -0.1) is 0 Å². The molecule has 0 saturated heterocycles. The molecule has 0 fully saturated rings. The molecule has 5 rings (SSSR count). The van der Waals surface area contributed by atoms with Gasteiger partial charge in [0.1, 0.15) is 29.1 Å². The summed E-state index contributed by atoms with van der Waals surface area (Å²) in [5.74, 6) is -0.0541. The summed E-state index contributed by atoms with van der Waals surface area (Å²) in [5.41, 5.74) is 2.46. The standard InChI is InChI=1S/C27H22ClFN4O3/c1-36-20-9-6-17(7-10-20)14-32-16-31-25-21-12-19(29)8-11-23(21)33(26(25)27(32)35)15-24(34)30-13-18-4-2-3-5-22(18)28/h2-12,16H,13-15H2,1H3,(H,30,34). The third-order valence-electron chi connectivity index (χ3n) is 6.04. The Balaban J connectivity index is 1.52. The number of fused-ring (bicyclic) bond motifs is 3. The van der Waals surface area contributed by atoms with Crippen LogP contribution in [0.25, 0.3) is 21.9 Å². The molecule has 182 valence electrons. The predicted molar refractivity (Wildman–Crippen MR) is 137 cm³/mol. The largest absolute Gasteiger partial charge is 0.497 e. The number of halogens is 2. The van der Waals surface area contributed by atoms with E-state index in [1.165, 1.54) is 23.0 Å². The van der Waals surface area contributed by atoms with Crippen molar-refractivity contribution < 1.29 is 13.9 Å². The first-order valence-corrected chi connectivity index (χ1v) is 11.6. The Morgan fingerprint density at radius 3 is 2.64 bits per heavy atom. The summed E-state index contributed by atoms with van der Waals surface area (Å²) in [6, 6.07) is 18.8. The maximum Gasteiger partial charge on any atom is 0.278 e. The Morgan fingerprint density at radius 2 is 1.89 bits per heavy atom. The lowest BCUT2D eigenvalue weighted by Gasteiger charge is -2.11. The fourth-order valence-corrected chi connectivity index (χ4v) is 4.41. The average Bonchev–Trinajstić information content (AvgIpc) is 3.18. The molecule has 0 bridgehead atoms. The van der Waals surface area contributed by atoms with E-state index < -0.39 is 5.82 Å². The fourth-order valence-electron chi connectivity index (χ4n) is 4.21. The first-order chi connectivity index (χ1) is 17.4. The van der Waals surface area contributed by atoms with E-state index in [-0.39, 0.29) is 36.6 Å². The lowest BCUT2D eigenvalue weighted by atomic mass is 10.2. The first-order valence-electron chi connectivity index (χ1n) is 11.2. The van der Waals surface area contributed by atoms with Crippen molar-refractivity contribution in [3.8, 4) is 5.75 Å². The molecule has 0 atom stereocenters. The molecule has 9 heteroatoms. The molecule has 5 aromatic rings. The molecule has 0 aliphatic carbocycles. The molecular weight excluding hydrogens is 483 g/mol. The molecule has 0 aliphatic heterocycles. The number of amides is 1. The van der Waals surface area contributed by atoms with Crippen LogP contribution in [0.3, 0.4) is 0 Å². The minimum Gasteiger partial charge on any atom is -0.497 e. The van der Waals surface area contributed by atoms with E-state index in [1.807, 2.05) is 42.5 Å². The summed E-state index contributed by atoms with van der Waals surface area (Å²) in [6.07, 6.45) is 1.45. The van der Waals surface area contributed by atoms with Gasteiger partial charge in [0.2, 0.25) is 5.91 Å². The van der Waals surface area contributed by atoms with Crippen molar-refractivity contribution in [3.05, 3.63) is 105 Å². The number of rotatable bonds is 7. The van der Waals surface area contributed by atoms with Gasteiger partial charge in [-0.25, -0.2) is 9.37 Å². The van der Waals surface area contributed by atoms with Gasteiger partial charge in [-0.3, -0.25) is 14.2 Å². The van der Waals surface area contributed by atoms with E-state index in [9.17, 15) is 14.0 Å². The van der Waals surface area contributed by atoms with Crippen molar-refractivity contribution in [3.63, 3.8) is 0 Å². The van der Waals surface area contributed by atoms with Crippen LogP contribution in [0.4, 0.5) is 4.39 Å². The number of aromatic nitrogens is 3. The number of ether oxygens (including phenoxy) is 1. The van der Waals surface area contributed by atoms with Crippen molar-refractivity contribution in [1.29, 1.82) is 0 Å². The molecule has 0 spiro atoms. The topological polar surface area (TPSA) is 78.2 Å². The zero-order valence-corrected chi connectivity index (χ0v) is 20.1. The maximum atomic E-state index is 14.1.